The zero-order chi connectivity index (χ0) is 19.2. The molecule has 7 heteroatoms. The number of anilines is 1. The third-order valence-electron chi connectivity index (χ3n) is 3.79. The standard InChI is InChI=1S/C20H18FN3O3/c1-2-27-20(26)22-17-5-3-4-14(12-17)13-24-19(25)11-10-18(23-24)15-6-8-16(21)9-7-15/h3-12H,2,13H2,1H3,(H,22,26). The van der Waals surface area contributed by atoms with Crippen molar-refractivity contribution in [1.29, 1.82) is 0 Å². The first-order valence-electron chi connectivity index (χ1n) is 8.42. The smallest absolute Gasteiger partial charge is 0.411 e. The van der Waals surface area contributed by atoms with Crippen LogP contribution in [0.4, 0.5) is 14.9 Å². The second-order valence-electron chi connectivity index (χ2n) is 5.77. The summed E-state index contributed by atoms with van der Waals surface area (Å²) in [6, 6.07) is 16.0. The van der Waals surface area contributed by atoms with Gasteiger partial charge in [0.1, 0.15) is 5.82 Å². The van der Waals surface area contributed by atoms with Gasteiger partial charge in [0.25, 0.3) is 5.56 Å². The van der Waals surface area contributed by atoms with Crippen LogP contribution in [0.15, 0.2) is 65.5 Å². The predicted octanol–water partition coefficient (Wildman–Crippen LogP) is 3.67. The Hall–Kier alpha value is -3.48. The molecule has 6 nitrogen and oxygen atoms in total. The molecule has 0 aliphatic heterocycles. The van der Waals surface area contributed by atoms with Crippen molar-refractivity contribution in [3.05, 3.63) is 82.4 Å². The molecule has 0 saturated carbocycles. The van der Waals surface area contributed by atoms with E-state index >= 15 is 0 Å². The summed E-state index contributed by atoms with van der Waals surface area (Å²) in [5.41, 5.74) is 2.37. The maximum atomic E-state index is 13.1. The second kappa shape index (κ2) is 8.27. The molecule has 1 N–H and O–H groups in total. The fourth-order valence-corrected chi connectivity index (χ4v) is 2.54. The molecule has 0 aliphatic carbocycles. The van der Waals surface area contributed by atoms with E-state index in [1.165, 1.54) is 22.9 Å². The Kier molecular flexibility index (Phi) is 5.61. The van der Waals surface area contributed by atoms with Gasteiger partial charge in [0.05, 0.1) is 18.8 Å². The summed E-state index contributed by atoms with van der Waals surface area (Å²) in [5.74, 6) is -0.335. The average Bonchev–Trinajstić information content (AvgIpc) is 2.65. The molecular formula is C20H18FN3O3. The van der Waals surface area contributed by atoms with Crippen LogP contribution in [0.5, 0.6) is 0 Å². The maximum absolute atomic E-state index is 13.1. The summed E-state index contributed by atoms with van der Waals surface area (Å²) in [6.45, 7) is 2.23. The van der Waals surface area contributed by atoms with Crippen molar-refractivity contribution in [2.24, 2.45) is 0 Å². The van der Waals surface area contributed by atoms with Crippen LogP contribution in [-0.4, -0.2) is 22.5 Å². The highest BCUT2D eigenvalue weighted by atomic mass is 19.1. The number of nitrogens with one attached hydrogen (secondary N) is 1. The first-order valence-corrected chi connectivity index (χ1v) is 8.42. The van der Waals surface area contributed by atoms with Crippen molar-refractivity contribution in [2.75, 3.05) is 11.9 Å². The SMILES string of the molecule is CCOC(=O)Nc1cccc(Cn2nc(-c3ccc(F)cc3)ccc2=O)c1. The molecule has 0 atom stereocenters. The highest BCUT2D eigenvalue weighted by molar-refractivity contribution is 5.84. The first-order chi connectivity index (χ1) is 13.0. The van der Waals surface area contributed by atoms with E-state index in [0.29, 0.717) is 16.9 Å². The van der Waals surface area contributed by atoms with Gasteiger partial charge in [-0.05, 0) is 55.0 Å². The molecule has 0 bridgehead atoms. The van der Waals surface area contributed by atoms with Crippen molar-refractivity contribution < 1.29 is 13.9 Å². The summed E-state index contributed by atoms with van der Waals surface area (Å²) < 4.78 is 19.3. The Morgan fingerprint density at radius 3 is 2.67 bits per heavy atom. The van der Waals surface area contributed by atoms with E-state index in [2.05, 4.69) is 10.4 Å². The van der Waals surface area contributed by atoms with Gasteiger partial charge in [-0.15, -0.1) is 0 Å². The minimum absolute atomic E-state index is 0.228. The van der Waals surface area contributed by atoms with E-state index in [1.54, 1.807) is 43.3 Å². The summed E-state index contributed by atoms with van der Waals surface area (Å²) in [7, 11) is 0. The lowest BCUT2D eigenvalue weighted by Gasteiger charge is -2.10. The molecule has 27 heavy (non-hydrogen) atoms. The van der Waals surface area contributed by atoms with Gasteiger partial charge in [0.2, 0.25) is 0 Å². The van der Waals surface area contributed by atoms with Crippen molar-refractivity contribution in [3.63, 3.8) is 0 Å². The van der Waals surface area contributed by atoms with E-state index in [-0.39, 0.29) is 24.5 Å². The Morgan fingerprint density at radius 1 is 1.15 bits per heavy atom. The number of carbonyl (C=O) groups excluding carboxylic acids is 1. The zero-order valence-corrected chi connectivity index (χ0v) is 14.7. The van der Waals surface area contributed by atoms with Crippen LogP contribution in [0.2, 0.25) is 0 Å². The van der Waals surface area contributed by atoms with Gasteiger partial charge < -0.3 is 4.74 Å². The molecule has 0 saturated heterocycles. The van der Waals surface area contributed by atoms with Crippen LogP contribution in [0.25, 0.3) is 11.3 Å². The monoisotopic (exact) mass is 367 g/mol. The van der Waals surface area contributed by atoms with E-state index in [0.717, 1.165) is 5.56 Å². The van der Waals surface area contributed by atoms with Gasteiger partial charge in [-0.25, -0.2) is 13.9 Å². The summed E-state index contributed by atoms with van der Waals surface area (Å²) in [4.78, 5) is 23.7. The summed E-state index contributed by atoms with van der Waals surface area (Å²) in [6.07, 6.45) is -0.539. The molecule has 0 spiro atoms. The Balaban J connectivity index is 1.83. The number of rotatable bonds is 5. The molecule has 0 unspecified atom stereocenters. The van der Waals surface area contributed by atoms with Crippen molar-refractivity contribution in [3.8, 4) is 11.3 Å². The number of carbonyl (C=O) groups is 1. The minimum atomic E-state index is -0.539. The summed E-state index contributed by atoms with van der Waals surface area (Å²) in [5, 5.41) is 6.98. The van der Waals surface area contributed by atoms with Crippen LogP contribution >= 0.6 is 0 Å². The largest absolute Gasteiger partial charge is 0.450 e. The zero-order valence-electron chi connectivity index (χ0n) is 14.7. The number of ether oxygens (including phenoxy) is 1. The van der Waals surface area contributed by atoms with Gasteiger partial charge in [-0.1, -0.05) is 12.1 Å². The third kappa shape index (κ3) is 4.78. The number of aromatic nitrogens is 2. The number of amides is 1. The number of hydrogen-bond donors (Lipinski definition) is 1. The van der Waals surface area contributed by atoms with Crippen molar-refractivity contribution >= 4 is 11.8 Å². The van der Waals surface area contributed by atoms with Gasteiger partial charge in [-0.3, -0.25) is 10.1 Å². The fraction of sp³-hybridized carbons (Fsp3) is 0.150. The summed E-state index contributed by atoms with van der Waals surface area (Å²) >= 11 is 0. The van der Waals surface area contributed by atoms with Crippen molar-refractivity contribution in [1.82, 2.24) is 9.78 Å². The van der Waals surface area contributed by atoms with E-state index in [4.69, 9.17) is 4.74 Å². The van der Waals surface area contributed by atoms with Gasteiger partial charge in [0.15, 0.2) is 0 Å². The van der Waals surface area contributed by atoms with Crippen molar-refractivity contribution in [2.45, 2.75) is 13.5 Å². The van der Waals surface area contributed by atoms with Gasteiger partial charge in [0, 0.05) is 17.3 Å². The predicted molar refractivity (Wildman–Crippen MR) is 100 cm³/mol. The Labute approximate surface area is 155 Å². The third-order valence-corrected chi connectivity index (χ3v) is 3.79. The second-order valence-corrected chi connectivity index (χ2v) is 5.77. The lowest BCUT2D eigenvalue weighted by Crippen LogP contribution is -2.23. The molecule has 0 radical (unpaired) electrons. The molecule has 138 valence electrons. The van der Waals surface area contributed by atoms with Crippen LogP contribution in [0.1, 0.15) is 12.5 Å². The first kappa shape index (κ1) is 18.3. The topological polar surface area (TPSA) is 73.2 Å². The lowest BCUT2D eigenvalue weighted by molar-refractivity contribution is 0.168. The molecule has 1 amide bonds. The average molecular weight is 367 g/mol. The lowest BCUT2D eigenvalue weighted by atomic mass is 10.1. The number of nitrogens with zero attached hydrogens (tertiary/aromatic N) is 2. The highest BCUT2D eigenvalue weighted by Gasteiger charge is 2.07. The Morgan fingerprint density at radius 2 is 1.93 bits per heavy atom. The van der Waals surface area contributed by atoms with Crippen LogP contribution < -0.4 is 10.9 Å². The van der Waals surface area contributed by atoms with E-state index < -0.39 is 6.09 Å². The highest BCUT2D eigenvalue weighted by Crippen LogP contribution is 2.16. The van der Waals surface area contributed by atoms with E-state index in [1.807, 2.05) is 6.07 Å². The van der Waals surface area contributed by atoms with Gasteiger partial charge in [-0.2, -0.15) is 5.10 Å². The molecule has 2 aromatic carbocycles. The number of benzene rings is 2. The molecule has 0 fully saturated rings. The molecule has 1 aromatic heterocycles. The Bertz CT molecular complexity index is 1000. The molecule has 1 heterocycles. The van der Waals surface area contributed by atoms with E-state index in [9.17, 15) is 14.0 Å². The maximum Gasteiger partial charge on any atom is 0.411 e. The molecular weight excluding hydrogens is 349 g/mol. The van der Waals surface area contributed by atoms with Crippen LogP contribution in [-0.2, 0) is 11.3 Å². The number of halogens is 1. The minimum Gasteiger partial charge on any atom is -0.450 e. The van der Waals surface area contributed by atoms with Crippen LogP contribution in [0, 0.1) is 5.82 Å². The molecule has 3 rings (SSSR count). The molecule has 0 aliphatic rings. The number of hydrogen-bond acceptors (Lipinski definition) is 4. The fourth-order valence-electron chi connectivity index (χ4n) is 2.54. The quantitative estimate of drug-likeness (QED) is 0.747. The van der Waals surface area contributed by atoms with Gasteiger partial charge >= 0.3 is 6.09 Å². The molecule has 3 aromatic rings. The van der Waals surface area contributed by atoms with Crippen LogP contribution in [0.3, 0.4) is 0 Å². The normalized spacial score (nSPS) is 10.4.